The Hall–Kier alpha value is -1.96. The van der Waals surface area contributed by atoms with E-state index in [1.54, 1.807) is 0 Å². The molecule has 0 spiro atoms. The number of nitro benzene ring substituents is 1. The molecule has 0 saturated heterocycles. The predicted molar refractivity (Wildman–Crippen MR) is 62.5 cm³/mol. The SMILES string of the molecule is O=C(NS(=O)(=O)C1CC1)c1ccc([N+](=O)[O-])cc1. The molecular weight excluding hydrogens is 260 g/mol. The normalized spacial score (nSPS) is 15.1. The summed E-state index contributed by atoms with van der Waals surface area (Å²) in [6.45, 7) is 0. The lowest BCUT2D eigenvalue weighted by atomic mass is 10.2. The lowest BCUT2D eigenvalue weighted by Gasteiger charge is -2.05. The van der Waals surface area contributed by atoms with Gasteiger partial charge in [-0.15, -0.1) is 0 Å². The summed E-state index contributed by atoms with van der Waals surface area (Å²) in [6, 6.07) is 4.74. The third kappa shape index (κ3) is 2.65. The number of hydrogen-bond acceptors (Lipinski definition) is 5. The molecular formula is C10H10N2O5S. The topological polar surface area (TPSA) is 106 Å². The van der Waals surface area contributed by atoms with Crippen LogP contribution in [0, 0.1) is 10.1 Å². The first-order valence-corrected chi connectivity index (χ1v) is 6.75. The summed E-state index contributed by atoms with van der Waals surface area (Å²) < 4.78 is 25.0. The van der Waals surface area contributed by atoms with E-state index in [1.165, 1.54) is 12.1 Å². The number of rotatable bonds is 4. The second-order valence-corrected chi connectivity index (χ2v) is 5.94. The van der Waals surface area contributed by atoms with Crippen LogP contribution in [0.2, 0.25) is 0 Å². The van der Waals surface area contributed by atoms with Crippen molar-refractivity contribution in [2.75, 3.05) is 0 Å². The van der Waals surface area contributed by atoms with Gasteiger partial charge in [0.2, 0.25) is 10.0 Å². The highest BCUT2D eigenvalue weighted by Crippen LogP contribution is 2.27. The summed E-state index contributed by atoms with van der Waals surface area (Å²) in [5, 5.41) is 9.93. The Morgan fingerprint density at radius 3 is 2.28 bits per heavy atom. The van der Waals surface area contributed by atoms with Gasteiger partial charge < -0.3 is 0 Å². The molecule has 1 aromatic carbocycles. The van der Waals surface area contributed by atoms with Crippen LogP contribution in [-0.2, 0) is 10.0 Å². The molecule has 1 aromatic rings. The van der Waals surface area contributed by atoms with Gasteiger partial charge in [0.1, 0.15) is 0 Å². The van der Waals surface area contributed by atoms with Gasteiger partial charge in [-0.3, -0.25) is 14.9 Å². The van der Waals surface area contributed by atoms with Crippen LogP contribution in [0.4, 0.5) is 5.69 Å². The molecule has 0 aromatic heterocycles. The molecule has 1 fully saturated rings. The number of amides is 1. The van der Waals surface area contributed by atoms with Gasteiger partial charge in [-0.1, -0.05) is 0 Å². The molecule has 2 rings (SSSR count). The lowest BCUT2D eigenvalue weighted by Crippen LogP contribution is -2.33. The second-order valence-electron chi connectivity index (χ2n) is 3.98. The van der Waals surface area contributed by atoms with Gasteiger partial charge >= 0.3 is 0 Å². The summed E-state index contributed by atoms with van der Waals surface area (Å²) >= 11 is 0. The van der Waals surface area contributed by atoms with Crippen molar-refractivity contribution in [3.8, 4) is 0 Å². The fourth-order valence-corrected chi connectivity index (χ4v) is 2.68. The van der Waals surface area contributed by atoms with Gasteiger partial charge in [0, 0.05) is 17.7 Å². The van der Waals surface area contributed by atoms with Crippen LogP contribution in [0.3, 0.4) is 0 Å². The molecule has 1 saturated carbocycles. The minimum Gasteiger partial charge on any atom is -0.268 e. The number of nitrogens with zero attached hydrogens (tertiary/aromatic N) is 1. The van der Waals surface area contributed by atoms with Crippen LogP contribution in [0.5, 0.6) is 0 Å². The molecule has 7 nitrogen and oxygen atoms in total. The van der Waals surface area contributed by atoms with E-state index in [0.29, 0.717) is 12.8 Å². The van der Waals surface area contributed by atoms with Crippen molar-refractivity contribution in [3.05, 3.63) is 39.9 Å². The molecule has 0 atom stereocenters. The molecule has 1 aliphatic rings. The Bertz CT molecular complexity index is 589. The molecule has 1 amide bonds. The van der Waals surface area contributed by atoms with Crippen molar-refractivity contribution in [3.63, 3.8) is 0 Å². The number of non-ortho nitro benzene ring substituents is 1. The van der Waals surface area contributed by atoms with Crippen molar-refractivity contribution in [2.45, 2.75) is 18.1 Å². The van der Waals surface area contributed by atoms with E-state index in [4.69, 9.17) is 0 Å². The standard InChI is InChI=1S/C10H10N2O5S/c13-10(11-18(16,17)9-5-6-9)7-1-3-8(4-2-7)12(14)15/h1-4,9H,5-6H2,(H,11,13). The van der Waals surface area contributed by atoms with Gasteiger partial charge in [-0.05, 0) is 25.0 Å². The van der Waals surface area contributed by atoms with E-state index in [9.17, 15) is 23.3 Å². The minimum absolute atomic E-state index is 0.0739. The van der Waals surface area contributed by atoms with Crippen LogP contribution < -0.4 is 4.72 Å². The molecule has 1 N–H and O–H groups in total. The van der Waals surface area contributed by atoms with E-state index in [2.05, 4.69) is 0 Å². The number of hydrogen-bond donors (Lipinski definition) is 1. The predicted octanol–water partition coefficient (Wildman–Crippen LogP) is 0.817. The average molecular weight is 270 g/mol. The van der Waals surface area contributed by atoms with Crippen LogP contribution in [-0.4, -0.2) is 24.5 Å². The number of sulfonamides is 1. The van der Waals surface area contributed by atoms with Crippen LogP contribution in [0.25, 0.3) is 0 Å². The largest absolute Gasteiger partial charge is 0.269 e. The average Bonchev–Trinajstić information content (AvgIpc) is 3.12. The molecule has 0 bridgehead atoms. The summed E-state index contributed by atoms with van der Waals surface area (Å²) in [5.41, 5.74) is -0.0820. The zero-order valence-electron chi connectivity index (χ0n) is 9.20. The van der Waals surface area contributed by atoms with E-state index >= 15 is 0 Å². The third-order valence-corrected chi connectivity index (χ3v) is 4.36. The first-order chi connectivity index (χ1) is 8.40. The van der Waals surface area contributed by atoms with Crippen molar-refractivity contribution in [1.29, 1.82) is 0 Å². The summed E-state index contributed by atoms with van der Waals surface area (Å²) in [4.78, 5) is 21.4. The van der Waals surface area contributed by atoms with E-state index in [-0.39, 0.29) is 11.3 Å². The first-order valence-electron chi connectivity index (χ1n) is 5.20. The Kier molecular flexibility index (Phi) is 3.04. The molecule has 0 radical (unpaired) electrons. The van der Waals surface area contributed by atoms with E-state index < -0.39 is 26.1 Å². The fourth-order valence-electron chi connectivity index (χ4n) is 1.38. The summed E-state index contributed by atoms with van der Waals surface area (Å²) in [5.74, 6) is -0.767. The molecule has 0 heterocycles. The van der Waals surface area contributed by atoms with E-state index in [1.807, 2.05) is 4.72 Å². The van der Waals surface area contributed by atoms with Gasteiger partial charge in [-0.25, -0.2) is 13.1 Å². The van der Waals surface area contributed by atoms with E-state index in [0.717, 1.165) is 12.1 Å². The van der Waals surface area contributed by atoms with Crippen LogP contribution >= 0.6 is 0 Å². The van der Waals surface area contributed by atoms with Crippen molar-refractivity contribution in [2.24, 2.45) is 0 Å². The number of nitro groups is 1. The first kappa shape index (κ1) is 12.5. The number of nitrogens with one attached hydrogen (secondary N) is 1. The van der Waals surface area contributed by atoms with Crippen LogP contribution in [0.1, 0.15) is 23.2 Å². The molecule has 0 unspecified atom stereocenters. The highest BCUT2D eigenvalue weighted by Gasteiger charge is 2.36. The second kappa shape index (κ2) is 4.37. The smallest absolute Gasteiger partial charge is 0.268 e. The molecule has 8 heteroatoms. The Morgan fingerprint density at radius 2 is 1.83 bits per heavy atom. The monoisotopic (exact) mass is 270 g/mol. The van der Waals surface area contributed by atoms with Gasteiger partial charge in [0.05, 0.1) is 10.2 Å². The molecule has 1 aliphatic carbocycles. The Balaban J connectivity index is 2.11. The molecule has 96 valence electrons. The number of benzene rings is 1. The van der Waals surface area contributed by atoms with Crippen LogP contribution in [0.15, 0.2) is 24.3 Å². The minimum atomic E-state index is -3.59. The maximum atomic E-state index is 11.6. The van der Waals surface area contributed by atoms with Crippen molar-refractivity contribution < 1.29 is 18.1 Å². The zero-order valence-corrected chi connectivity index (χ0v) is 10.0. The van der Waals surface area contributed by atoms with Crippen molar-refractivity contribution >= 4 is 21.6 Å². The van der Waals surface area contributed by atoms with Gasteiger partial charge in [0.25, 0.3) is 11.6 Å². The maximum absolute atomic E-state index is 11.6. The number of carbonyl (C=O) groups is 1. The third-order valence-electron chi connectivity index (χ3n) is 2.54. The Labute approximate surface area is 103 Å². The molecule has 0 aliphatic heterocycles. The highest BCUT2D eigenvalue weighted by atomic mass is 32.2. The highest BCUT2D eigenvalue weighted by molar-refractivity contribution is 7.91. The summed E-state index contributed by atoms with van der Waals surface area (Å²) in [7, 11) is -3.59. The maximum Gasteiger partial charge on any atom is 0.269 e. The Morgan fingerprint density at radius 1 is 1.28 bits per heavy atom. The van der Waals surface area contributed by atoms with Gasteiger partial charge in [-0.2, -0.15) is 0 Å². The zero-order chi connectivity index (χ0) is 13.3. The molecule has 18 heavy (non-hydrogen) atoms. The fraction of sp³-hybridized carbons (Fsp3) is 0.300. The quantitative estimate of drug-likeness (QED) is 0.643. The number of carbonyl (C=O) groups excluding carboxylic acids is 1. The summed E-state index contributed by atoms with van der Waals surface area (Å²) in [6.07, 6.45) is 1.12. The van der Waals surface area contributed by atoms with Gasteiger partial charge in [0.15, 0.2) is 0 Å². The van der Waals surface area contributed by atoms with Crippen molar-refractivity contribution in [1.82, 2.24) is 4.72 Å². The lowest BCUT2D eigenvalue weighted by molar-refractivity contribution is -0.384.